The van der Waals surface area contributed by atoms with E-state index in [0.29, 0.717) is 12.8 Å². The van der Waals surface area contributed by atoms with Crippen LogP contribution in [0.2, 0.25) is 0 Å². The molecule has 6 aliphatic rings. The van der Waals surface area contributed by atoms with Gasteiger partial charge in [0.1, 0.15) is 146 Å². The van der Waals surface area contributed by atoms with Crippen LogP contribution in [0.4, 0.5) is 0 Å². The summed E-state index contributed by atoms with van der Waals surface area (Å²) in [6.45, 7) is -2.68. The molecule has 0 radical (unpaired) electrons. The second-order valence-electron chi connectivity index (χ2n) is 32.8. The van der Waals surface area contributed by atoms with Gasteiger partial charge in [0.05, 0.1) is 70.6 Å². The number of allylic oxidation sites excluding steroid dienone is 1. The molecule has 0 aromatic heterocycles. The Labute approximate surface area is 704 Å². The van der Waals surface area contributed by atoms with Gasteiger partial charge in [-0.2, -0.15) is 0 Å². The normalized spacial score (nSPS) is 36.4. The third-order valence-electron chi connectivity index (χ3n) is 23.3. The maximum atomic E-state index is 13.8. The van der Waals surface area contributed by atoms with Crippen LogP contribution in [-0.2, 0) is 76.0 Å². The molecule has 6 rings (SSSR count). The van der Waals surface area contributed by atoms with Crippen molar-refractivity contribution >= 4 is 23.8 Å². The first-order chi connectivity index (χ1) is 57.8. The Hall–Kier alpha value is -3.70. The minimum atomic E-state index is -3.49. The summed E-state index contributed by atoms with van der Waals surface area (Å²) in [5.74, 6) is -12.7. The van der Waals surface area contributed by atoms with E-state index in [1.165, 1.54) is 102 Å². The summed E-state index contributed by atoms with van der Waals surface area (Å²) in [4.78, 5) is 54.0. The van der Waals surface area contributed by atoms with Crippen LogP contribution in [0.5, 0.6) is 0 Å². The first kappa shape index (κ1) is 106. The van der Waals surface area contributed by atoms with Gasteiger partial charge in [0.15, 0.2) is 25.2 Å². The number of aliphatic carboxylic acids is 2. The van der Waals surface area contributed by atoms with Crippen molar-refractivity contribution in [1.82, 2.24) is 10.6 Å². The Morgan fingerprint density at radius 2 is 0.810 bits per heavy atom. The van der Waals surface area contributed by atoms with E-state index < -0.39 is 290 Å². The average Bonchev–Trinajstić information content (AvgIpc) is 0.752. The van der Waals surface area contributed by atoms with Gasteiger partial charge in [0, 0.05) is 26.2 Å². The number of aliphatic hydroxyl groups is 21. The zero-order valence-electron chi connectivity index (χ0n) is 69.6. The lowest BCUT2D eigenvalue weighted by atomic mass is 9.90. The van der Waals surface area contributed by atoms with Crippen LogP contribution in [0, 0.1) is 0 Å². The van der Waals surface area contributed by atoms with Gasteiger partial charge in [-0.25, -0.2) is 9.59 Å². The van der Waals surface area contributed by atoms with Gasteiger partial charge in [0.25, 0.3) is 11.6 Å². The second kappa shape index (κ2) is 53.9. The number of hydrogen-bond acceptors (Lipinski definition) is 37. The predicted molar refractivity (Wildman–Crippen MR) is 417 cm³/mol. The molecule has 6 saturated heterocycles. The zero-order valence-corrected chi connectivity index (χ0v) is 69.6. The number of carbonyl (C=O) groups excluding carboxylic acids is 2. The van der Waals surface area contributed by atoms with E-state index in [9.17, 15) is 137 Å². The molecule has 0 aliphatic carbocycles. The molecule has 6 fully saturated rings. The molecule has 0 spiro atoms. The Balaban J connectivity index is 1.26. The smallest absolute Gasteiger partial charge is 0.364 e. The molecule has 706 valence electrons. The SMILES string of the molecule is CCCCCCCCCCCCC/C=C/[C@@H](O)[C@H](CO[C@@H]1OC(CO)[C@@H](O[C@@H]2OC(CO)[C@H](O[C@@H]3OC(CO)[C@H](O)[C@H](O[C@@H]4OC(CO)[C@H](O)[C@H](O[C@]5(C(=O)O)CC(O)[C@@H](O)C([C@H](O)[C@H](O)CO)O5)C4O)C3NC(C)=O)[C@H](O[C@]3(C(=O)O)CC(O)[C@@H](O)C([C@H](O)[C@H](O)CO)O3)C2O)[C@H](O)C1O)NC(=O)CCCCCCCCCCCCCCCCC. The topological polar surface area (TPSA) is 668 Å². The lowest BCUT2D eigenvalue weighted by Crippen LogP contribution is -2.72. The highest BCUT2D eigenvalue weighted by Crippen LogP contribution is 2.43. The minimum absolute atomic E-state index is 0.101. The van der Waals surface area contributed by atoms with Crippen LogP contribution in [0.3, 0.4) is 0 Å². The number of carboxylic acids is 2. The maximum Gasteiger partial charge on any atom is 0.364 e. The molecule has 41 nitrogen and oxygen atoms in total. The maximum absolute atomic E-state index is 13.8. The summed E-state index contributed by atoms with van der Waals surface area (Å²) in [5.41, 5.74) is 0. The summed E-state index contributed by atoms with van der Waals surface area (Å²) >= 11 is 0. The Morgan fingerprint density at radius 3 is 1.25 bits per heavy atom. The molecule has 41 heteroatoms. The van der Waals surface area contributed by atoms with E-state index in [1.807, 2.05) is 0 Å². The zero-order chi connectivity index (χ0) is 89.3. The van der Waals surface area contributed by atoms with Crippen molar-refractivity contribution in [2.45, 2.75) is 421 Å². The quantitative estimate of drug-likeness (QED) is 0.0203. The first-order valence-electron chi connectivity index (χ1n) is 43.3. The van der Waals surface area contributed by atoms with E-state index in [2.05, 4.69) is 24.5 Å². The third kappa shape index (κ3) is 30.5. The average molecular weight is 1760 g/mol. The van der Waals surface area contributed by atoms with Crippen molar-refractivity contribution in [2.24, 2.45) is 0 Å². The third-order valence-corrected chi connectivity index (χ3v) is 23.3. The second-order valence-corrected chi connectivity index (χ2v) is 32.8. The Morgan fingerprint density at radius 1 is 0.430 bits per heavy atom. The monoisotopic (exact) mass is 1750 g/mol. The molecule has 0 saturated carbocycles. The van der Waals surface area contributed by atoms with Crippen LogP contribution in [-0.4, -0.2) is 395 Å². The van der Waals surface area contributed by atoms with Gasteiger partial charge < -0.3 is 185 Å². The number of carboxylic acid groups (broad SMARTS) is 2. The number of unbranched alkanes of at least 4 members (excludes halogenated alkanes) is 25. The van der Waals surface area contributed by atoms with E-state index in [-0.39, 0.29) is 6.42 Å². The van der Waals surface area contributed by atoms with Crippen LogP contribution in [0.1, 0.15) is 213 Å². The number of amides is 2. The fourth-order valence-electron chi connectivity index (χ4n) is 16.0. The molecule has 2 amide bonds. The lowest BCUT2D eigenvalue weighted by Gasteiger charge is -2.52. The minimum Gasteiger partial charge on any atom is -0.477 e. The van der Waals surface area contributed by atoms with Crippen LogP contribution in [0.15, 0.2) is 12.2 Å². The highest BCUT2D eigenvalue weighted by atomic mass is 16.8. The Kier molecular flexibility index (Phi) is 47.3. The molecule has 121 heavy (non-hydrogen) atoms. The van der Waals surface area contributed by atoms with Crippen molar-refractivity contribution in [3.8, 4) is 0 Å². The highest BCUT2D eigenvalue weighted by Gasteiger charge is 2.64. The number of aliphatic hydroxyl groups excluding tert-OH is 21. The molecule has 6 aliphatic heterocycles. The van der Waals surface area contributed by atoms with Crippen LogP contribution in [0.25, 0.3) is 0 Å². The summed E-state index contributed by atoms with van der Waals surface area (Å²) in [6, 6.07) is -3.32. The van der Waals surface area contributed by atoms with Gasteiger partial charge in [-0.3, -0.25) is 9.59 Å². The molecule has 12 unspecified atom stereocenters. The predicted octanol–water partition coefficient (Wildman–Crippen LogP) is -4.16. The van der Waals surface area contributed by atoms with Crippen molar-refractivity contribution in [3.05, 3.63) is 12.2 Å². The number of rotatable bonds is 57. The standard InChI is InChI=1S/C80H142N2O39/c1-4-6-8-10-12-14-16-18-19-21-23-25-27-29-31-33-54(95)82-44(45(90)32-30-28-26-24-22-20-17-15-13-11-9-7-5-2)42-110-74-63(103)62(102)66(52(40-87)113-74)115-76-65(105)72(121-80(78(108)109)35-47(92)57(97)70(119-80)59(99)49(94)37-84)67(53(41-88)114-76)116-73-55(81-43(3)89)68(60(100)50(38-85)111-73)117-75-64(104)71(61(101)51(39-86)112-75)120-79(77(106)107)34-46(91)56(96)69(118-79)58(98)48(93)36-83/h30,32,44-53,55-76,83-88,90-94,96-105H,4-29,31,33-42H2,1-3H3,(H,81,89)(H,82,95)(H,106,107)(H,108,109)/b32-30+/t44-,45+,46?,47?,48+,49+,50?,51?,52?,53?,55?,56+,57+,58+,59+,60-,61-,62+,63?,64?,65?,66+,67-,68+,69?,70?,71-,72+,73-,74+,75-,76-,79-,80-/m0/s1. The van der Waals surface area contributed by atoms with Gasteiger partial charge in [-0.15, -0.1) is 0 Å². The largest absolute Gasteiger partial charge is 0.477 e. The van der Waals surface area contributed by atoms with Crippen molar-refractivity contribution in [2.75, 3.05) is 46.2 Å². The molecule has 25 N–H and O–H groups in total. The van der Waals surface area contributed by atoms with Crippen molar-refractivity contribution in [1.29, 1.82) is 0 Å². The molecular weight excluding hydrogens is 1610 g/mol. The molecule has 0 aromatic carbocycles. The van der Waals surface area contributed by atoms with Gasteiger partial charge in [-0.1, -0.05) is 180 Å². The fraction of sp³-hybridized carbons (Fsp3) is 0.925. The van der Waals surface area contributed by atoms with Crippen molar-refractivity contribution in [3.63, 3.8) is 0 Å². The van der Waals surface area contributed by atoms with Gasteiger partial charge in [0.2, 0.25) is 11.8 Å². The van der Waals surface area contributed by atoms with Crippen molar-refractivity contribution < 1.29 is 193 Å². The summed E-state index contributed by atoms with van der Waals surface area (Å²) in [7, 11) is 0. The molecule has 0 aromatic rings. The number of ether oxygens (including phenoxy) is 12. The summed E-state index contributed by atoms with van der Waals surface area (Å²) in [6.07, 6.45) is -36.8. The van der Waals surface area contributed by atoms with E-state index in [4.69, 9.17) is 56.8 Å². The molecular formula is C80H142N2O39. The van der Waals surface area contributed by atoms with Crippen LogP contribution < -0.4 is 10.6 Å². The summed E-state index contributed by atoms with van der Waals surface area (Å²) < 4.78 is 71.3. The fourth-order valence-corrected chi connectivity index (χ4v) is 16.0. The number of carbonyl (C=O) groups is 4. The first-order valence-corrected chi connectivity index (χ1v) is 43.3. The van der Waals surface area contributed by atoms with Gasteiger partial charge >= 0.3 is 11.9 Å². The van der Waals surface area contributed by atoms with E-state index in [1.54, 1.807) is 6.08 Å². The molecule has 0 bridgehead atoms. The lowest BCUT2D eigenvalue weighted by molar-refractivity contribution is -0.407. The van der Waals surface area contributed by atoms with E-state index >= 15 is 0 Å². The highest BCUT2D eigenvalue weighted by molar-refractivity contribution is 5.77. The summed E-state index contributed by atoms with van der Waals surface area (Å²) in [5, 5.41) is 261. The number of hydrogen-bond donors (Lipinski definition) is 25. The number of nitrogens with one attached hydrogen (secondary N) is 2. The molecule has 34 atom stereocenters. The van der Waals surface area contributed by atoms with E-state index in [0.717, 1.165) is 71.1 Å². The molecule has 6 heterocycles. The Bertz CT molecular complexity index is 2940. The van der Waals surface area contributed by atoms with Gasteiger partial charge in [-0.05, 0) is 19.3 Å². The van der Waals surface area contributed by atoms with Crippen LogP contribution >= 0.6 is 0 Å².